The first kappa shape index (κ1) is 16.6. The van der Waals surface area contributed by atoms with E-state index in [1.807, 2.05) is 30.3 Å². The summed E-state index contributed by atoms with van der Waals surface area (Å²) in [6, 6.07) is 9.11. The highest BCUT2D eigenvalue weighted by Crippen LogP contribution is 2.31. The van der Waals surface area contributed by atoms with Crippen molar-refractivity contribution in [3.8, 4) is 5.75 Å². The highest BCUT2D eigenvalue weighted by atomic mass is 127. The van der Waals surface area contributed by atoms with Crippen LogP contribution in [0.3, 0.4) is 0 Å². The number of amides is 1. The summed E-state index contributed by atoms with van der Waals surface area (Å²) < 4.78 is 12.2. The molecule has 1 aliphatic heterocycles. The maximum absolute atomic E-state index is 12.0. The lowest BCUT2D eigenvalue weighted by molar-refractivity contribution is -0.115. The number of thioether (sulfide) groups is 1. The summed E-state index contributed by atoms with van der Waals surface area (Å²) in [5, 5.41) is 3.28. The predicted molar refractivity (Wildman–Crippen MR) is 103 cm³/mol. The van der Waals surface area contributed by atoms with Gasteiger partial charge in [0, 0.05) is 28.7 Å². The molecule has 1 aromatic heterocycles. The standard InChI is InChI=1S/C15H10BrIN2O3S/c1-21-9-4-2-8(3-5-9)18-15-19-14(20)12(23-15)7-10-6-11(16)13(17)22-10/h2-7H,1H3,(H,18,19,20)/b12-7-. The molecule has 1 N–H and O–H groups in total. The van der Waals surface area contributed by atoms with Crippen molar-refractivity contribution in [2.45, 2.75) is 0 Å². The molecule has 8 heteroatoms. The molecule has 1 amide bonds. The van der Waals surface area contributed by atoms with E-state index in [0.717, 1.165) is 19.7 Å². The zero-order valence-corrected chi connectivity index (χ0v) is 16.4. The molecule has 0 bridgehead atoms. The van der Waals surface area contributed by atoms with Gasteiger partial charge in [-0.05, 0) is 58.0 Å². The summed E-state index contributed by atoms with van der Waals surface area (Å²) in [5.41, 5.74) is 0.741. The third-order valence-corrected chi connectivity index (χ3v) is 5.93. The van der Waals surface area contributed by atoms with E-state index >= 15 is 0 Å². The van der Waals surface area contributed by atoms with Gasteiger partial charge in [0.2, 0.25) is 0 Å². The van der Waals surface area contributed by atoms with E-state index in [2.05, 4.69) is 48.8 Å². The van der Waals surface area contributed by atoms with Crippen molar-refractivity contribution in [3.63, 3.8) is 0 Å². The number of rotatable bonds is 3. The van der Waals surface area contributed by atoms with E-state index in [1.165, 1.54) is 11.8 Å². The number of furan rings is 1. The molecule has 0 unspecified atom stereocenters. The normalized spacial score (nSPS) is 17.8. The lowest BCUT2D eigenvalue weighted by atomic mass is 10.3. The fourth-order valence-corrected chi connectivity index (χ4v) is 3.36. The lowest BCUT2D eigenvalue weighted by Gasteiger charge is -1.99. The van der Waals surface area contributed by atoms with Crippen molar-refractivity contribution in [2.24, 2.45) is 4.99 Å². The maximum Gasteiger partial charge on any atom is 0.264 e. The SMILES string of the molecule is COc1ccc(N=C2NC(=O)/C(=C/c3cc(Br)c(I)o3)S2)cc1. The Labute approximate surface area is 158 Å². The third-order valence-electron chi connectivity index (χ3n) is 2.89. The number of carbonyl (C=O) groups is 1. The summed E-state index contributed by atoms with van der Waals surface area (Å²) in [7, 11) is 1.61. The van der Waals surface area contributed by atoms with Crippen LogP contribution >= 0.6 is 50.3 Å². The molecule has 3 rings (SSSR count). The number of hydrogen-bond acceptors (Lipinski definition) is 5. The molecular weight excluding hydrogens is 495 g/mol. The number of methoxy groups -OCH3 is 1. The molecule has 1 fully saturated rings. The van der Waals surface area contributed by atoms with Gasteiger partial charge in [0.05, 0.1) is 22.2 Å². The fraction of sp³-hybridized carbons (Fsp3) is 0.0667. The lowest BCUT2D eigenvalue weighted by Crippen LogP contribution is -2.19. The number of nitrogens with one attached hydrogen (secondary N) is 1. The molecule has 0 atom stereocenters. The summed E-state index contributed by atoms with van der Waals surface area (Å²) >= 11 is 6.73. The van der Waals surface area contributed by atoms with Crippen molar-refractivity contribution in [2.75, 3.05) is 7.11 Å². The summed E-state index contributed by atoms with van der Waals surface area (Å²) in [5.74, 6) is 1.19. The molecule has 0 radical (unpaired) electrons. The van der Waals surface area contributed by atoms with E-state index in [0.29, 0.717) is 15.8 Å². The Balaban J connectivity index is 1.79. The first-order valence-electron chi connectivity index (χ1n) is 6.43. The monoisotopic (exact) mass is 504 g/mol. The van der Waals surface area contributed by atoms with Crippen LogP contribution in [0.2, 0.25) is 0 Å². The van der Waals surface area contributed by atoms with Gasteiger partial charge in [0.15, 0.2) is 8.93 Å². The second-order valence-electron chi connectivity index (χ2n) is 4.45. The average molecular weight is 505 g/mol. The third kappa shape index (κ3) is 3.99. The number of benzene rings is 1. The molecule has 1 saturated heterocycles. The molecule has 118 valence electrons. The highest BCUT2D eigenvalue weighted by molar-refractivity contribution is 14.1. The minimum absolute atomic E-state index is 0.190. The largest absolute Gasteiger partial charge is 0.497 e. The zero-order chi connectivity index (χ0) is 16.4. The van der Waals surface area contributed by atoms with Gasteiger partial charge in [-0.25, -0.2) is 4.99 Å². The molecular formula is C15H10BrIN2O3S. The van der Waals surface area contributed by atoms with Gasteiger partial charge in [0.25, 0.3) is 5.91 Å². The molecule has 0 aliphatic carbocycles. The van der Waals surface area contributed by atoms with Gasteiger partial charge < -0.3 is 14.5 Å². The molecule has 2 heterocycles. The number of hydrogen-bond donors (Lipinski definition) is 1. The van der Waals surface area contributed by atoms with Crippen LogP contribution < -0.4 is 10.1 Å². The van der Waals surface area contributed by atoms with E-state index in [1.54, 1.807) is 13.2 Å². The van der Waals surface area contributed by atoms with Crippen LogP contribution in [0.5, 0.6) is 5.75 Å². The second-order valence-corrected chi connectivity index (χ2v) is 7.31. The Morgan fingerprint density at radius 1 is 1.39 bits per heavy atom. The number of ether oxygens (including phenoxy) is 1. The van der Waals surface area contributed by atoms with E-state index in [-0.39, 0.29) is 5.91 Å². The Kier molecular flexibility index (Phi) is 5.12. The van der Waals surface area contributed by atoms with Gasteiger partial charge in [-0.1, -0.05) is 0 Å². The second kappa shape index (κ2) is 7.10. The van der Waals surface area contributed by atoms with Crippen LogP contribution in [0.15, 0.2) is 49.1 Å². The predicted octanol–water partition coefficient (Wildman–Crippen LogP) is 4.55. The van der Waals surface area contributed by atoms with Gasteiger partial charge >= 0.3 is 0 Å². The van der Waals surface area contributed by atoms with E-state index in [9.17, 15) is 4.79 Å². The average Bonchev–Trinajstić information content (AvgIpc) is 3.03. The molecule has 2 aromatic rings. The Morgan fingerprint density at radius 3 is 2.74 bits per heavy atom. The maximum atomic E-state index is 12.0. The van der Waals surface area contributed by atoms with Crippen LogP contribution in [0.25, 0.3) is 6.08 Å². The molecule has 23 heavy (non-hydrogen) atoms. The minimum Gasteiger partial charge on any atom is -0.497 e. The van der Waals surface area contributed by atoms with E-state index in [4.69, 9.17) is 9.15 Å². The molecule has 1 aliphatic rings. The van der Waals surface area contributed by atoms with Crippen LogP contribution in [0, 0.1) is 3.77 Å². The minimum atomic E-state index is -0.190. The highest BCUT2D eigenvalue weighted by Gasteiger charge is 2.24. The Hall–Kier alpha value is -1.26. The molecule has 0 saturated carbocycles. The fourth-order valence-electron chi connectivity index (χ4n) is 1.82. The number of carbonyl (C=O) groups excluding carboxylic acids is 1. The van der Waals surface area contributed by atoms with Crippen LogP contribution in [-0.4, -0.2) is 18.2 Å². The first-order valence-corrected chi connectivity index (χ1v) is 9.12. The number of aliphatic imine (C=N–C) groups is 1. The van der Waals surface area contributed by atoms with Crippen molar-refractivity contribution in [1.82, 2.24) is 5.32 Å². The van der Waals surface area contributed by atoms with Crippen LogP contribution in [-0.2, 0) is 4.79 Å². The van der Waals surface area contributed by atoms with Crippen LogP contribution in [0.4, 0.5) is 5.69 Å². The van der Waals surface area contributed by atoms with Crippen LogP contribution in [0.1, 0.15) is 5.76 Å². The molecule has 5 nitrogen and oxygen atoms in total. The van der Waals surface area contributed by atoms with Crippen molar-refractivity contribution < 1.29 is 13.9 Å². The summed E-state index contributed by atoms with van der Waals surface area (Å²) in [4.78, 5) is 17.0. The van der Waals surface area contributed by atoms with Crippen molar-refractivity contribution in [1.29, 1.82) is 0 Å². The van der Waals surface area contributed by atoms with Gasteiger partial charge in [-0.3, -0.25) is 4.79 Å². The number of amidine groups is 1. The van der Waals surface area contributed by atoms with Crippen molar-refractivity contribution >= 4 is 73.1 Å². The molecule has 1 aromatic carbocycles. The number of halogens is 2. The van der Waals surface area contributed by atoms with Gasteiger partial charge in [-0.2, -0.15) is 0 Å². The molecule has 0 spiro atoms. The van der Waals surface area contributed by atoms with Gasteiger partial charge in [-0.15, -0.1) is 0 Å². The number of nitrogens with zero attached hydrogens (tertiary/aromatic N) is 1. The first-order chi connectivity index (χ1) is 11.0. The topological polar surface area (TPSA) is 63.8 Å². The quantitative estimate of drug-likeness (QED) is 0.492. The summed E-state index contributed by atoms with van der Waals surface area (Å²) in [6.45, 7) is 0. The Bertz CT molecular complexity index is 795. The Morgan fingerprint density at radius 2 is 2.13 bits per heavy atom. The van der Waals surface area contributed by atoms with E-state index < -0.39 is 0 Å². The zero-order valence-electron chi connectivity index (χ0n) is 11.8. The van der Waals surface area contributed by atoms with Crippen molar-refractivity contribution in [3.05, 3.63) is 49.2 Å². The summed E-state index contributed by atoms with van der Waals surface area (Å²) in [6.07, 6.45) is 1.70. The smallest absolute Gasteiger partial charge is 0.264 e. The van der Waals surface area contributed by atoms with Gasteiger partial charge in [0.1, 0.15) is 11.5 Å².